The second-order valence-electron chi connectivity index (χ2n) is 9.00. The third-order valence-corrected chi connectivity index (χ3v) is 6.91. The topological polar surface area (TPSA) is 80.6 Å². The molecule has 0 amide bonds. The Morgan fingerprint density at radius 2 is 2.00 bits per heavy atom. The van der Waals surface area contributed by atoms with Crippen LogP contribution in [0.4, 0.5) is 14.6 Å². The molecule has 1 fully saturated rings. The van der Waals surface area contributed by atoms with Gasteiger partial charge in [0.1, 0.15) is 40.6 Å². The van der Waals surface area contributed by atoms with Crippen LogP contribution in [0.1, 0.15) is 31.2 Å². The second kappa shape index (κ2) is 8.48. The smallest absolute Gasteiger partial charge is 0.318 e. The van der Waals surface area contributed by atoms with Gasteiger partial charge in [-0.3, -0.25) is 0 Å². The van der Waals surface area contributed by atoms with Gasteiger partial charge >= 0.3 is 6.01 Å². The van der Waals surface area contributed by atoms with Crippen molar-refractivity contribution in [3.8, 4) is 41.2 Å². The molecule has 0 bridgehead atoms. The van der Waals surface area contributed by atoms with Crippen molar-refractivity contribution in [1.29, 1.82) is 0 Å². The Labute approximate surface area is 205 Å². The summed E-state index contributed by atoms with van der Waals surface area (Å²) in [6.07, 6.45) is 9.64. The van der Waals surface area contributed by atoms with Crippen LogP contribution in [0.25, 0.3) is 32.9 Å². The number of hydrogen-bond donors (Lipinski definition) is 1. The highest BCUT2D eigenvalue weighted by atomic mass is 19.1. The minimum absolute atomic E-state index is 0.0144. The highest BCUT2D eigenvalue weighted by Crippen LogP contribution is 2.43. The number of benzene rings is 2. The molecule has 9 heteroatoms. The van der Waals surface area contributed by atoms with Crippen molar-refractivity contribution in [1.82, 2.24) is 15.0 Å². The third-order valence-electron chi connectivity index (χ3n) is 6.91. The van der Waals surface area contributed by atoms with Gasteiger partial charge in [-0.25, -0.2) is 13.8 Å². The van der Waals surface area contributed by atoms with Gasteiger partial charge in [0.2, 0.25) is 5.88 Å². The molecular weight excluding hydrogens is 466 g/mol. The summed E-state index contributed by atoms with van der Waals surface area (Å²) in [4.78, 5) is 15.6. The van der Waals surface area contributed by atoms with Gasteiger partial charge in [0.05, 0.1) is 18.7 Å². The van der Waals surface area contributed by atoms with Crippen molar-refractivity contribution in [3.63, 3.8) is 0 Å². The first-order valence-electron chi connectivity index (χ1n) is 11.8. The summed E-state index contributed by atoms with van der Waals surface area (Å²) in [5.41, 5.74) is -0.110. The Bertz CT molecular complexity index is 1580. The van der Waals surface area contributed by atoms with Crippen LogP contribution in [-0.4, -0.2) is 46.4 Å². The summed E-state index contributed by atoms with van der Waals surface area (Å²) in [7, 11) is 1.42. The van der Waals surface area contributed by atoms with Crippen LogP contribution in [0.15, 0.2) is 24.3 Å². The highest BCUT2D eigenvalue weighted by Gasteiger charge is 2.33. The Morgan fingerprint density at radius 3 is 2.81 bits per heavy atom. The fourth-order valence-corrected chi connectivity index (χ4v) is 5.24. The molecule has 0 radical (unpaired) electrons. The molecule has 0 saturated carbocycles. The van der Waals surface area contributed by atoms with Gasteiger partial charge < -0.3 is 19.5 Å². The zero-order valence-electron chi connectivity index (χ0n) is 19.5. The van der Waals surface area contributed by atoms with Gasteiger partial charge in [0.25, 0.3) is 0 Å². The molecule has 36 heavy (non-hydrogen) atoms. The number of ether oxygens (including phenoxy) is 2. The third kappa shape index (κ3) is 3.36. The number of methoxy groups -OCH3 is 1. The number of fused-ring (bicyclic) bond motifs is 3. The lowest BCUT2D eigenvalue weighted by molar-refractivity contribution is 0.275. The van der Waals surface area contributed by atoms with Crippen LogP contribution in [0.2, 0.25) is 0 Å². The molecule has 1 saturated heterocycles. The van der Waals surface area contributed by atoms with Crippen molar-refractivity contribution >= 4 is 27.5 Å². The van der Waals surface area contributed by atoms with Crippen LogP contribution in [-0.2, 0) is 0 Å². The minimum Gasteiger partial charge on any atom is -0.508 e. The molecule has 2 aromatic heterocycles. The molecule has 182 valence electrons. The van der Waals surface area contributed by atoms with Crippen LogP contribution in [0, 0.1) is 24.0 Å². The SMILES string of the molecule is C#Cc1c(F)ccc2cc(O)cc(-c3nc4c5c(nc(OC)nc5c3F)N3CCCCCC3CO4)c12. The highest BCUT2D eigenvalue weighted by molar-refractivity contribution is 6.04. The van der Waals surface area contributed by atoms with E-state index in [2.05, 4.69) is 25.8 Å². The molecule has 0 spiro atoms. The number of anilines is 1. The molecule has 6 rings (SSSR count). The fraction of sp³-hybridized carbons (Fsp3) is 0.296. The number of hydrogen-bond acceptors (Lipinski definition) is 7. The standard InChI is InChI=1S/C27H22F2N4O3/c1-3-17-19(28)9-8-14-11-16(34)12-18(20(14)17)23-22(29)24-21-25(32-27(31-24)35-2)33-10-6-4-5-7-15(33)13-36-26(21)30-23/h1,8-9,11-12,15,34H,4-7,10,13H2,2H3. The number of halogens is 2. The Hall–Kier alpha value is -4.19. The first-order chi connectivity index (χ1) is 17.5. The lowest BCUT2D eigenvalue weighted by Crippen LogP contribution is -2.38. The number of aromatic hydroxyl groups is 1. The fourth-order valence-electron chi connectivity index (χ4n) is 5.24. The predicted molar refractivity (Wildman–Crippen MR) is 131 cm³/mol. The number of nitrogens with zero attached hydrogens (tertiary/aromatic N) is 4. The van der Waals surface area contributed by atoms with E-state index in [4.69, 9.17) is 15.9 Å². The van der Waals surface area contributed by atoms with E-state index >= 15 is 4.39 Å². The number of phenols is 1. The molecule has 4 heterocycles. The van der Waals surface area contributed by atoms with Gasteiger partial charge in [0, 0.05) is 17.5 Å². The van der Waals surface area contributed by atoms with E-state index in [9.17, 15) is 9.50 Å². The lowest BCUT2D eigenvalue weighted by Gasteiger charge is -2.28. The summed E-state index contributed by atoms with van der Waals surface area (Å²) in [6, 6.07) is 5.50. The summed E-state index contributed by atoms with van der Waals surface area (Å²) in [5, 5.41) is 11.5. The zero-order chi connectivity index (χ0) is 25.0. The molecule has 7 nitrogen and oxygen atoms in total. The van der Waals surface area contributed by atoms with Crippen LogP contribution < -0.4 is 14.4 Å². The average molecular weight is 488 g/mol. The van der Waals surface area contributed by atoms with Crippen molar-refractivity contribution in [3.05, 3.63) is 41.5 Å². The van der Waals surface area contributed by atoms with Crippen molar-refractivity contribution in [2.24, 2.45) is 0 Å². The van der Waals surface area contributed by atoms with E-state index < -0.39 is 11.6 Å². The summed E-state index contributed by atoms with van der Waals surface area (Å²) in [5.74, 6) is 1.49. The van der Waals surface area contributed by atoms with Gasteiger partial charge in [-0.1, -0.05) is 24.8 Å². The number of aromatic nitrogens is 3. The van der Waals surface area contributed by atoms with Crippen LogP contribution in [0.5, 0.6) is 17.6 Å². The normalized spacial score (nSPS) is 17.2. The van der Waals surface area contributed by atoms with E-state index in [1.807, 2.05) is 0 Å². The van der Waals surface area contributed by atoms with Crippen molar-refractivity contribution in [2.45, 2.75) is 31.7 Å². The van der Waals surface area contributed by atoms with Gasteiger partial charge in [-0.05, 0) is 36.4 Å². The monoisotopic (exact) mass is 488 g/mol. The first-order valence-corrected chi connectivity index (χ1v) is 11.8. The van der Waals surface area contributed by atoms with Gasteiger partial charge in [0.15, 0.2) is 5.82 Å². The number of terminal acetylenes is 1. The minimum atomic E-state index is -0.772. The Kier molecular flexibility index (Phi) is 5.25. The van der Waals surface area contributed by atoms with E-state index in [0.717, 1.165) is 32.2 Å². The molecule has 2 aliphatic rings. The zero-order valence-corrected chi connectivity index (χ0v) is 19.5. The Morgan fingerprint density at radius 1 is 1.14 bits per heavy atom. The van der Waals surface area contributed by atoms with E-state index in [1.54, 1.807) is 0 Å². The largest absolute Gasteiger partial charge is 0.508 e. The molecule has 2 aromatic carbocycles. The summed E-state index contributed by atoms with van der Waals surface area (Å²) < 4.78 is 42.4. The second-order valence-corrected chi connectivity index (χ2v) is 9.00. The number of pyridine rings is 1. The lowest BCUT2D eigenvalue weighted by atomic mass is 9.95. The molecule has 2 aliphatic heterocycles. The predicted octanol–water partition coefficient (Wildman–Crippen LogP) is 4.96. The van der Waals surface area contributed by atoms with Crippen molar-refractivity contribution < 1.29 is 23.4 Å². The van der Waals surface area contributed by atoms with Crippen LogP contribution in [0.3, 0.4) is 0 Å². The maximum atomic E-state index is 16.3. The van der Waals surface area contributed by atoms with Crippen molar-refractivity contribution in [2.75, 3.05) is 25.2 Å². The van der Waals surface area contributed by atoms with Gasteiger partial charge in [-0.15, -0.1) is 6.42 Å². The average Bonchev–Trinajstić information content (AvgIpc) is 3.20. The van der Waals surface area contributed by atoms with E-state index in [1.165, 1.54) is 31.4 Å². The van der Waals surface area contributed by atoms with Gasteiger partial charge in [-0.2, -0.15) is 9.97 Å². The maximum Gasteiger partial charge on any atom is 0.318 e. The molecule has 4 aromatic rings. The molecular formula is C27H22F2N4O3. The summed E-state index contributed by atoms with van der Waals surface area (Å²) in [6.45, 7) is 1.09. The quantitative estimate of drug-likeness (QED) is 0.400. The molecule has 0 aliphatic carbocycles. The maximum absolute atomic E-state index is 16.3. The molecule has 1 atom stereocenters. The summed E-state index contributed by atoms with van der Waals surface area (Å²) >= 11 is 0. The number of phenolic OH excluding ortho intramolecular Hbond substituents is 1. The van der Waals surface area contributed by atoms with E-state index in [0.29, 0.717) is 23.2 Å². The van der Waals surface area contributed by atoms with E-state index in [-0.39, 0.29) is 51.4 Å². The first kappa shape index (κ1) is 22.3. The molecule has 1 unspecified atom stereocenters. The Balaban J connectivity index is 1.70. The number of rotatable bonds is 2. The van der Waals surface area contributed by atoms with Crippen LogP contribution >= 0.6 is 0 Å². The molecule has 1 N–H and O–H groups in total.